The third kappa shape index (κ3) is 5.68. The second-order valence-electron chi connectivity index (χ2n) is 8.39. The molecule has 3 rings (SSSR count). The molecule has 2 N–H and O–H groups in total. The SMILES string of the molecule is CC[C@@H](O)CN(CCC(C)C)Cc1nc2scc(-c3ccc(OC)c(OC)c3)c2c(=O)[nH]1. The lowest BCUT2D eigenvalue weighted by molar-refractivity contribution is 0.101. The van der Waals surface area contributed by atoms with E-state index in [1.54, 1.807) is 14.2 Å². The van der Waals surface area contributed by atoms with Gasteiger partial charge in [-0.05, 0) is 43.0 Å². The number of nitrogens with one attached hydrogen (secondary N) is 1. The third-order valence-corrected chi connectivity index (χ3v) is 6.40. The molecule has 0 fully saturated rings. The fraction of sp³-hybridized carbons (Fsp3) is 0.500. The Morgan fingerprint density at radius 3 is 2.62 bits per heavy atom. The molecule has 0 bridgehead atoms. The number of hydrogen-bond acceptors (Lipinski definition) is 7. The quantitative estimate of drug-likeness (QED) is 0.445. The van der Waals surface area contributed by atoms with Crippen LogP contribution in [0.3, 0.4) is 0 Å². The summed E-state index contributed by atoms with van der Waals surface area (Å²) in [6.07, 6.45) is 1.32. The molecule has 1 atom stereocenters. The molecule has 174 valence electrons. The monoisotopic (exact) mass is 459 g/mol. The molecule has 1 aromatic carbocycles. The van der Waals surface area contributed by atoms with Crippen molar-refractivity contribution in [2.24, 2.45) is 5.92 Å². The van der Waals surface area contributed by atoms with Gasteiger partial charge in [0.25, 0.3) is 5.56 Å². The van der Waals surface area contributed by atoms with E-state index in [-0.39, 0.29) is 5.56 Å². The van der Waals surface area contributed by atoms with Crippen LogP contribution in [0.1, 0.15) is 39.4 Å². The maximum atomic E-state index is 13.0. The van der Waals surface area contributed by atoms with Crippen molar-refractivity contribution >= 4 is 21.6 Å². The van der Waals surface area contributed by atoms with Crippen LogP contribution < -0.4 is 15.0 Å². The minimum absolute atomic E-state index is 0.157. The summed E-state index contributed by atoms with van der Waals surface area (Å²) in [5.41, 5.74) is 1.54. The van der Waals surface area contributed by atoms with Crippen LogP contribution in [0.5, 0.6) is 11.5 Å². The van der Waals surface area contributed by atoms with Gasteiger partial charge < -0.3 is 19.6 Å². The minimum Gasteiger partial charge on any atom is -0.493 e. The first-order valence-corrected chi connectivity index (χ1v) is 11.9. The molecule has 0 spiro atoms. The summed E-state index contributed by atoms with van der Waals surface area (Å²) in [5.74, 6) is 2.43. The van der Waals surface area contributed by atoms with E-state index < -0.39 is 6.10 Å². The second-order valence-corrected chi connectivity index (χ2v) is 9.25. The lowest BCUT2D eigenvalue weighted by Crippen LogP contribution is -2.34. The van der Waals surface area contributed by atoms with E-state index in [4.69, 9.17) is 14.5 Å². The maximum absolute atomic E-state index is 13.0. The molecular formula is C24H33N3O4S. The number of H-pyrrole nitrogens is 1. The fourth-order valence-corrected chi connectivity index (χ4v) is 4.57. The van der Waals surface area contributed by atoms with Gasteiger partial charge in [-0.15, -0.1) is 11.3 Å². The van der Waals surface area contributed by atoms with Gasteiger partial charge in [-0.2, -0.15) is 0 Å². The second kappa shape index (κ2) is 10.9. The average Bonchev–Trinajstić information content (AvgIpc) is 3.21. The predicted octanol–water partition coefficient (Wildman–Crippen LogP) is 4.29. The van der Waals surface area contributed by atoms with E-state index in [1.807, 2.05) is 30.5 Å². The molecular weight excluding hydrogens is 426 g/mol. The first-order chi connectivity index (χ1) is 15.4. The van der Waals surface area contributed by atoms with Crippen molar-refractivity contribution in [3.8, 4) is 22.6 Å². The molecule has 0 amide bonds. The molecule has 0 aliphatic heterocycles. The Morgan fingerprint density at radius 2 is 1.97 bits per heavy atom. The topological polar surface area (TPSA) is 87.7 Å². The number of aromatic amines is 1. The molecule has 0 saturated carbocycles. The first-order valence-electron chi connectivity index (χ1n) is 11.0. The Bertz CT molecular complexity index is 1090. The lowest BCUT2D eigenvalue weighted by atomic mass is 10.1. The van der Waals surface area contributed by atoms with E-state index in [0.717, 1.165) is 24.1 Å². The molecule has 0 unspecified atom stereocenters. The number of ether oxygens (including phenoxy) is 2. The normalized spacial score (nSPS) is 12.6. The van der Waals surface area contributed by atoms with Crippen molar-refractivity contribution in [3.05, 3.63) is 39.8 Å². The molecule has 0 aliphatic carbocycles. The summed E-state index contributed by atoms with van der Waals surface area (Å²) in [5, 5.41) is 12.7. The predicted molar refractivity (Wildman–Crippen MR) is 130 cm³/mol. The van der Waals surface area contributed by atoms with Crippen molar-refractivity contribution < 1.29 is 14.6 Å². The Morgan fingerprint density at radius 1 is 1.22 bits per heavy atom. The Labute approximate surface area is 193 Å². The van der Waals surface area contributed by atoms with Gasteiger partial charge in [-0.25, -0.2) is 4.98 Å². The van der Waals surface area contributed by atoms with Crippen LogP contribution in [0.4, 0.5) is 0 Å². The number of aliphatic hydroxyl groups is 1. The molecule has 8 heteroatoms. The average molecular weight is 460 g/mol. The van der Waals surface area contributed by atoms with E-state index in [0.29, 0.717) is 53.0 Å². The van der Waals surface area contributed by atoms with Crippen LogP contribution in [0, 0.1) is 5.92 Å². The third-order valence-electron chi connectivity index (χ3n) is 5.52. The van der Waals surface area contributed by atoms with Crippen LogP contribution in [-0.2, 0) is 6.54 Å². The summed E-state index contributed by atoms with van der Waals surface area (Å²) < 4.78 is 10.7. The number of fused-ring (bicyclic) bond motifs is 1. The van der Waals surface area contributed by atoms with E-state index >= 15 is 0 Å². The fourth-order valence-electron chi connectivity index (χ4n) is 3.60. The minimum atomic E-state index is -0.393. The number of benzene rings is 1. The van der Waals surface area contributed by atoms with E-state index in [9.17, 15) is 9.90 Å². The van der Waals surface area contributed by atoms with Crippen molar-refractivity contribution in [3.63, 3.8) is 0 Å². The maximum Gasteiger partial charge on any atom is 0.260 e. The van der Waals surface area contributed by atoms with Crippen LogP contribution in [0.15, 0.2) is 28.4 Å². The zero-order valence-electron chi connectivity index (χ0n) is 19.5. The molecule has 2 aromatic heterocycles. The van der Waals surface area contributed by atoms with Crippen LogP contribution in [-0.4, -0.2) is 53.4 Å². The number of rotatable bonds is 11. The van der Waals surface area contributed by atoms with Gasteiger partial charge in [-0.3, -0.25) is 9.69 Å². The zero-order valence-corrected chi connectivity index (χ0v) is 20.3. The highest BCUT2D eigenvalue weighted by atomic mass is 32.1. The van der Waals surface area contributed by atoms with Gasteiger partial charge in [-0.1, -0.05) is 26.8 Å². The highest BCUT2D eigenvalue weighted by molar-refractivity contribution is 7.17. The van der Waals surface area contributed by atoms with Gasteiger partial charge in [0, 0.05) is 17.5 Å². The molecule has 0 radical (unpaired) electrons. The molecule has 7 nitrogen and oxygen atoms in total. The van der Waals surface area contributed by atoms with Gasteiger partial charge >= 0.3 is 0 Å². The van der Waals surface area contributed by atoms with Crippen molar-refractivity contribution in [1.82, 2.24) is 14.9 Å². The highest BCUT2D eigenvalue weighted by Crippen LogP contribution is 2.36. The van der Waals surface area contributed by atoms with Gasteiger partial charge in [0.05, 0.1) is 32.3 Å². The molecule has 32 heavy (non-hydrogen) atoms. The summed E-state index contributed by atoms with van der Waals surface area (Å²) in [6.45, 7) is 8.24. The number of aliphatic hydroxyl groups excluding tert-OH is 1. The highest BCUT2D eigenvalue weighted by Gasteiger charge is 2.17. The Kier molecular flexibility index (Phi) is 8.28. The van der Waals surface area contributed by atoms with Crippen molar-refractivity contribution in [2.45, 2.75) is 46.3 Å². The van der Waals surface area contributed by atoms with Crippen molar-refractivity contribution in [1.29, 1.82) is 0 Å². The van der Waals surface area contributed by atoms with Crippen molar-refractivity contribution in [2.75, 3.05) is 27.3 Å². The Hall–Kier alpha value is -2.42. The molecule has 0 aliphatic rings. The summed E-state index contributed by atoms with van der Waals surface area (Å²) in [6, 6.07) is 5.61. The molecule has 2 heterocycles. The Balaban J connectivity index is 1.92. The number of methoxy groups -OCH3 is 2. The van der Waals surface area contributed by atoms with E-state index in [2.05, 4.69) is 23.7 Å². The standard InChI is InChI=1S/C24H33N3O4S/c1-6-17(28)12-27(10-9-15(2)3)13-21-25-23(29)22-18(14-32-24(22)26-21)16-7-8-19(30-4)20(11-16)31-5/h7-8,11,14-15,17,28H,6,9-10,12-13H2,1-5H3,(H,25,26,29)/t17-/m1/s1. The molecule has 0 saturated heterocycles. The van der Waals surface area contributed by atoms with Crippen LogP contribution >= 0.6 is 11.3 Å². The van der Waals surface area contributed by atoms with E-state index in [1.165, 1.54) is 11.3 Å². The smallest absolute Gasteiger partial charge is 0.260 e. The van der Waals surface area contributed by atoms with Gasteiger partial charge in [0.15, 0.2) is 11.5 Å². The number of nitrogens with zero attached hydrogens (tertiary/aromatic N) is 2. The first kappa shape index (κ1) is 24.2. The van der Waals surface area contributed by atoms with Crippen LogP contribution in [0.25, 0.3) is 21.3 Å². The number of hydrogen-bond donors (Lipinski definition) is 2. The van der Waals surface area contributed by atoms with Gasteiger partial charge in [0.2, 0.25) is 0 Å². The zero-order chi connectivity index (χ0) is 23.3. The summed E-state index contributed by atoms with van der Waals surface area (Å²) in [4.78, 5) is 23.6. The molecule has 3 aromatic rings. The summed E-state index contributed by atoms with van der Waals surface area (Å²) >= 11 is 1.45. The van der Waals surface area contributed by atoms with Crippen LogP contribution in [0.2, 0.25) is 0 Å². The summed E-state index contributed by atoms with van der Waals surface area (Å²) in [7, 11) is 3.19. The number of aromatic nitrogens is 2. The lowest BCUT2D eigenvalue weighted by Gasteiger charge is -2.25. The van der Waals surface area contributed by atoms with Gasteiger partial charge in [0.1, 0.15) is 10.7 Å². The number of thiophene rings is 1. The largest absolute Gasteiger partial charge is 0.493 e.